The van der Waals surface area contributed by atoms with Gasteiger partial charge in [0.25, 0.3) is 5.91 Å². The lowest BCUT2D eigenvalue weighted by molar-refractivity contribution is -0.114. The molecule has 2 amide bonds. The number of sulfonamides is 1. The molecule has 0 saturated heterocycles. The first kappa shape index (κ1) is 29.2. The van der Waals surface area contributed by atoms with E-state index < -0.39 is 15.9 Å². The summed E-state index contributed by atoms with van der Waals surface area (Å²) in [5.41, 5.74) is 17.3. The number of carbonyl (C=O) groups excluding carboxylic acids is 2. The number of nitrogens with two attached hydrogens (primary N) is 2. The predicted octanol–water partition coefficient (Wildman–Crippen LogP) is 3.97. The number of fused-ring (bicyclic) bond motifs is 1. The van der Waals surface area contributed by atoms with Crippen molar-refractivity contribution >= 4 is 55.8 Å². The third-order valence-electron chi connectivity index (χ3n) is 6.98. The van der Waals surface area contributed by atoms with Gasteiger partial charge in [0.15, 0.2) is 0 Å². The highest BCUT2D eigenvalue weighted by Crippen LogP contribution is 2.38. The molecule has 2 heterocycles. The molecular weight excluding hydrogens is 546 g/mol. The molecule has 210 valence electrons. The lowest BCUT2D eigenvalue weighted by atomic mass is 9.94. The Bertz CT molecular complexity index is 1640. The van der Waals surface area contributed by atoms with Crippen molar-refractivity contribution in [3.05, 3.63) is 83.6 Å². The summed E-state index contributed by atoms with van der Waals surface area (Å²) in [4.78, 5) is 30.2. The Morgan fingerprint density at radius 3 is 2.62 bits per heavy atom. The highest BCUT2D eigenvalue weighted by molar-refractivity contribution is 8.02. The zero-order chi connectivity index (χ0) is 29.0. The van der Waals surface area contributed by atoms with Gasteiger partial charge in [0.2, 0.25) is 15.9 Å². The third kappa shape index (κ3) is 6.01. The van der Waals surface area contributed by atoms with Gasteiger partial charge in [0.05, 0.1) is 17.3 Å². The van der Waals surface area contributed by atoms with Crippen LogP contribution in [0.4, 0.5) is 5.69 Å². The van der Waals surface area contributed by atoms with Crippen molar-refractivity contribution in [2.45, 2.75) is 13.3 Å². The van der Waals surface area contributed by atoms with Crippen molar-refractivity contribution in [2.75, 3.05) is 36.5 Å². The van der Waals surface area contributed by atoms with Gasteiger partial charge in [-0.05, 0) is 65.3 Å². The molecule has 1 aliphatic heterocycles. The minimum atomic E-state index is -3.28. The monoisotopic (exact) mass is 579 g/mol. The molecule has 0 atom stereocenters. The van der Waals surface area contributed by atoms with Crippen molar-refractivity contribution < 1.29 is 18.0 Å². The first-order valence-corrected chi connectivity index (χ1v) is 15.6. The summed E-state index contributed by atoms with van der Waals surface area (Å²) in [7, 11) is -3.28. The van der Waals surface area contributed by atoms with Crippen molar-refractivity contribution in [1.29, 1.82) is 0 Å². The molecule has 3 aromatic rings. The second-order valence-electron chi connectivity index (χ2n) is 9.44. The van der Waals surface area contributed by atoms with E-state index in [1.807, 2.05) is 43.3 Å². The van der Waals surface area contributed by atoms with Crippen molar-refractivity contribution in [3.8, 4) is 11.1 Å². The fourth-order valence-corrected chi connectivity index (χ4v) is 6.27. The molecule has 0 radical (unpaired) electrons. The van der Waals surface area contributed by atoms with Crippen LogP contribution in [0.3, 0.4) is 0 Å². The number of hydrogen-bond acceptors (Lipinski definition) is 6. The maximum Gasteiger partial charge on any atom is 0.250 e. The summed E-state index contributed by atoms with van der Waals surface area (Å²) in [6, 6.07) is 11.3. The van der Waals surface area contributed by atoms with E-state index in [2.05, 4.69) is 11.6 Å². The van der Waals surface area contributed by atoms with Crippen LogP contribution in [0.1, 0.15) is 28.0 Å². The van der Waals surface area contributed by atoms with Crippen LogP contribution in [0.15, 0.2) is 66.7 Å². The number of nitrogens with one attached hydrogen (secondary N) is 1. The second-order valence-corrected chi connectivity index (χ2v) is 12.4. The Hall–Kier alpha value is -3.80. The third-order valence-corrected chi connectivity index (χ3v) is 9.02. The van der Waals surface area contributed by atoms with E-state index >= 15 is 0 Å². The van der Waals surface area contributed by atoms with Crippen LogP contribution in [0, 0.1) is 6.92 Å². The number of H-pyrrole nitrogens is 1. The Balaban J connectivity index is 1.81. The van der Waals surface area contributed by atoms with Gasteiger partial charge >= 0.3 is 0 Å². The molecule has 40 heavy (non-hydrogen) atoms. The molecule has 0 unspecified atom stereocenters. The molecule has 0 aliphatic carbocycles. The molecule has 1 aromatic heterocycles. The van der Waals surface area contributed by atoms with Crippen LogP contribution in [-0.4, -0.2) is 61.2 Å². The minimum absolute atomic E-state index is 0.205. The van der Waals surface area contributed by atoms with E-state index in [1.54, 1.807) is 16.4 Å². The number of anilines is 1. The molecule has 9 nitrogen and oxygen atoms in total. The van der Waals surface area contributed by atoms with E-state index in [9.17, 15) is 18.0 Å². The summed E-state index contributed by atoms with van der Waals surface area (Å²) < 4.78 is 25.3. The maximum absolute atomic E-state index is 12.8. The van der Waals surface area contributed by atoms with Crippen molar-refractivity contribution in [2.24, 2.45) is 11.5 Å². The Kier molecular flexibility index (Phi) is 8.87. The SMILES string of the molecule is C=CC(=O)N(CCS/C=C\N)c1cccc(-c2ccc(C(N)=O)c3[nH]c(C4=CCN(S(C)(=O)=O)CC4)cc23)c1C. The molecule has 1 aliphatic rings. The quantitative estimate of drug-likeness (QED) is 0.245. The van der Waals surface area contributed by atoms with Gasteiger partial charge in [-0.15, -0.1) is 11.8 Å². The van der Waals surface area contributed by atoms with Gasteiger partial charge in [-0.3, -0.25) is 9.59 Å². The number of aromatic amines is 1. The largest absolute Gasteiger partial charge is 0.404 e. The van der Waals surface area contributed by atoms with Crippen LogP contribution in [0.5, 0.6) is 0 Å². The number of rotatable bonds is 10. The summed E-state index contributed by atoms with van der Waals surface area (Å²) >= 11 is 1.51. The van der Waals surface area contributed by atoms with E-state index in [-0.39, 0.29) is 12.5 Å². The van der Waals surface area contributed by atoms with Crippen LogP contribution < -0.4 is 16.4 Å². The highest BCUT2D eigenvalue weighted by atomic mass is 32.2. The molecule has 0 saturated carbocycles. The van der Waals surface area contributed by atoms with Crippen molar-refractivity contribution in [1.82, 2.24) is 9.29 Å². The smallest absolute Gasteiger partial charge is 0.250 e. The molecule has 2 aromatic carbocycles. The number of primary amides is 1. The first-order valence-electron chi connectivity index (χ1n) is 12.7. The maximum atomic E-state index is 12.8. The van der Waals surface area contributed by atoms with E-state index in [0.29, 0.717) is 36.3 Å². The molecule has 4 rings (SSSR count). The lowest BCUT2D eigenvalue weighted by Gasteiger charge is -2.24. The molecule has 11 heteroatoms. The average molecular weight is 580 g/mol. The summed E-state index contributed by atoms with van der Waals surface area (Å²) in [5, 5.41) is 2.59. The molecule has 0 fully saturated rings. The van der Waals surface area contributed by atoms with E-state index in [4.69, 9.17) is 11.5 Å². The standard InChI is InChI=1S/C29H33N5O4S2/c1-4-27(35)34(15-17-39-16-12-30)26-7-5-6-21(19(26)2)22-8-9-23(29(31)36)28-24(22)18-25(32-28)20-10-13-33(14-11-20)40(3,37)38/h4-10,12,16,18,32H,1,11,13-15,17,30H2,2-3H3,(H2,31,36)/b16-12-. The van der Waals surface area contributed by atoms with Gasteiger partial charge in [0.1, 0.15) is 0 Å². The van der Waals surface area contributed by atoms with Crippen LogP contribution in [0.25, 0.3) is 27.6 Å². The summed E-state index contributed by atoms with van der Waals surface area (Å²) in [6.45, 7) is 6.76. The first-order chi connectivity index (χ1) is 19.1. The Labute approximate surface area is 238 Å². The van der Waals surface area contributed by atoms with Crippen LogP contribution >= 0.6 is 11.8 Å². The number of benzene rings is 2. The van der Waals surface area contributed by atoms with Gasteiger partial charge in [-0.2, -0.15) is 4.31 Å². The lowest BCUT2D eigenvalue weighted by Crippen LogP contribution is -2.33. The molecular formula is C29H33N5O4S2. The zero-order valence-corrected chi connectivity index (χ0v) is 24.1. The van der Waals surface area contributed by atoms with Crippen molar-refractivity contribution in [3.63, 3.8) is 0 Å². The molecule has 0 spiro atoms. The predicted molar refractivity (Wildman–Crippen MR) is 164 cm³/mol. The summed E-state index contributed by atoms with van der Waals surface area (Å²) in [5.74, 6) is -0.104. The Morgan fingerprint density at radius 1 is 1.23 bits per heavy atom. The average Bonchev–Trinajstić information content (AvgIpc) is 3.38. The number of amides is 2. The molecule has 0 bridgehead atoms. The van der Waals surface area contributed by atoms with Gasteiger partial charge in [-0.1, -0.05) is 30.9 Å². The number of aromatic nitrogens is 1. The van der Waals surface area contributed by atoms with Crippen LogP contribution in [0.2, 0.25) is 0 Å². The number of hydrogen-bond donors (Lipinski definition) is 3. The minimum Gasteiger partial charge on any atom is -0.404 e. The fourth-order valence-electron chi connectivity index (χ4n) is 4.96. The Morgan fingerprint density at radius 2 is 2.00 bits per heavy atom. The van der Waals surface area contributed by atoms with E-state index in [0.717, 1.165) is 39.0 Å². The normalized spacial score (nSPS) is 14.4. The second kappa shape index (κ2) is 12.2. The number of thioether (sulfide) groups is 1. The number of nitrogens with zero attached hydrogens (tertiary/aromatic N) is 2. The zero-order valence-electron chi connectivity index (χ0n) is 22.5. The van der Waals surface area contributed by atoms with Gasteiger partial charge < -0.3 is 21.4 Å². The van der Waals surface area contributed by atoms with Gasteiger partial charge in [-0.25, -0.2) is 8.42 Å². The highest BCUT2D eigenvalue weighted by Gasteiger charge is 2.23. The number of carbonyl (C=O) groups is 2. The topological polar surface area (TPSA) is 143 Å². The fraction of sp³-hybridized carbons (Fsp3) is 0.241. The van der Waals surface area contributed by atoms with Crippen LogP contribution in [-0.2, 0) is 14.8 Å². The van der Waals surface area contributed by atoms with Gasteiger partial charge in [0, 0.05) is 48.4 Å². The van der Waals surface area contributed by atoms with E-state index in [1.165, 1.54) is 34.6 Å². The molecule has 5 N–H and O–H groups in total. The summed E-state index contributed by atoms with van der Waals surface area (Å²) in [6.07, 6.45) is 6.40.